The van der Waals surface area contributed by atoms with Gasteiger partial charge >= 0.3 is 0 Å². The molecule has 2 rings (SSSR count). The molecule has 4 heteroatoms. The number of amides is 1. The van der Waals surface area contributed by atoms with Crippen molar-refractivity contribution in [3.05, 3.63) is 23.3 Å². The zero-order valence-corrected chi connectivity index (χ0v) is 12.9. The van der Waals surface area contributed by atoms with Crippen molar-refractivity contribution < 1.29 is 14.3 Å². The van der Waals surface area contributed by atoms with Crippen LogP contribution >= 0.6 is 0 Å². The van der Waals surface area contributed by atoms with Gasteiger partial charge in [-0.05, 0) is 62.8 Å². The van der Waals surface area contributed by atoms with E-state index in [-0.39, 0.29) is 5.91 Å². The van der Waals surface area contributed by atoms with Crippen molar-refractivity contribution in [2.45, 2.75) is 39.2 Å². The second kappa shape index (κ2) is 5.44. The summed E-state index contributed by atoms with van der Waals surface area (Å²) >= 11 is 0. The summed E-state index contributed by atoms with van der Waals surface area (Å²) in [5.41, 5.74) is 2.07. The van der Waals surface area contributed by atoms with Gasteiger partial charge in [0.05, 0.1) is 7.11 Å². The summed E-state index contributed by atoms with van der Waals surface area (Å²) in [6, 6.07) is 3.85. The predicted octanol–water partition coefficient (Wildman–Crippen LogP) is 3.07. The minimum Gasteiger partial charge on any atom is -0.496 e. The molecule has 1 N–H and O–H groups in total. The van der Waals surface area contributed by atoms with Crippen LogP contribution in [0.5, 0.6) is 5.75 Å². The van der Waals surface area contributed by atoms with Crippen LogP contribution < -0.4 is 10.1 Å². The fourth-order valence-electron chi connectivity index (χ4n) is 2.68. The molecule has 1 amide bonds. The number of anilines is 1. The van der Waals surface area contributed by atoms with Crippen LogP contribution in [0.1, 0.15) is 30.9 Å². The Hall–Kier alpha value is -1.55. The zero-order chi connectivity index (χ0) is 14.9. The number of carbonyl (C=O) groups is 1. The van der Waals surface area contributed by atoms with Crippen molar-refractivity contribution in [3.63, 3.8) is 0 Å². The monoisotopic (exact) mass is 277 g/mol. The second-order valence-corrected chi connectivity index (χ2v) is 5.68. The summed E-state index contributed by atoms with van der Waals surface area (Å²) in [6.07, 6.45) is 2.11. The Kier molecular flexibility index (Phi) is 4.04. The summed E-state index contributed by atoms with van der Waals surface area (Å²) in [6.45, 7) is 5.80. The van der Waals surface area contributed by atoms with E-state index in [9.17, 15) is 4.79 Å². The van der Waals surface area contributed by atoms with E-state index in [4.69, 9.17) is 9.47 Å². The van der Waals surface area contributed by atoms with Crippen molar-refractivity contribution >= 4 is 11.6 Å². The molecular weight excluding hydrogens is 254 g/mol. The first kappa shape index (κ1) is 14.9. The van der Waals surface area contributed by atoms with Gasteiger partial charge in [-0.1, -0.05) is 0 Å². The third kappa shape index (κ3) is 2.66. The third-order valence-corrected chi connectivity index (χ3v) is 4.15. The number of nitrogens with one attached hydrogen (secondary N) is 1. The number of benzene rings is 1. The molecular formula is C16H23NO3. The van der Waals surface area contributed by atoms with Gasteiger partial charge in [0.15, 0.2) is 0 Å². The smallest absolute Gasteiger partial charge is 0.256 e. The summed E-state index contributed by atoms with van der Waals surface area (Å²) in [4.78, 5) is 12.5. The summed E-state index contributed by atoms with van der Waals surface area (Å²) in [5, 5.41) is 2.97. The Bertz CT molecular complexity index is 499. The molecule has 110 valence electrons. The lowest BCUT2D eigenvalue weighted by molar-refractivity contribution is -0.138. The van der Waals surface area contributed by atoms with E-state index >= 15 is 0 Å². The molecule has 0 unspecified atom stereocenters. The highest BCUT2D eigenvalue weighted by Gasteiger charge is 2.47. The largest absolute Gasteiger partial charge is 0.496 e. The molecule has 1 aromatic rings. The number of ether oxygens (including phenoxy) is 2. The topological polar surface area (TPSA) is 47.6 Å². The maximum absolute atomic E-state index is 12.5. The van der Waals surface area contributed by atoms with Crippen molar-refractivity contribution in [3.8, 4) is 5.75 Å². The summed E-state index contributed by atoms with van der Waals surface area (Å²) in [7, 11) is 3.26. The molecule has 1 aromatic carbocycles. The highest BCUT2D eigenvalue weighted by Crippen LogP contribution is 2.42. The molecule has 0 heterocycles. The van der Waals surface area contributed by atoms with Gasteiger partial charge in [-0.15, -0.1) is 0 Å². The Morgan fingerprint density at radius 1 is 1.25 bits per heavy atom. The van der Waals surface area contributed by atoms with Crippen LogP contribution in [0.15, 0.2) is 12.1 Å². The first-order valence-corrected chi connectivity index (χ1v) is 6.94. The van der Waals surface area contributed by atoms with Crippen molar-refractivity contribution in [1.82, 2.24) is 0 Å². The Morgan fingerprint density at radius 2 is 1.80 bits per heavy atom. The quantitative estimate of drug-likeness (QED) is 0.899. The van der Waals surface area contributed by atoms with E-state index < -0.39 is 5.60 Å². The highest BCUT2D eigenvalue weighted by atomic mass is 16.5. The lowest BCUT2D eigenvalue weighted by Gasteiger charge is -2.27. The summed E-state index contributed by atoms with van der Waals surface area (Å²) in [5.74, 6) is 1.11. The second-order valence-electron chi connectivity index (χ2n) is 5.68. The van der Waals surface area contributed by atoms with Crippen LogP contribution in [0.3, 0.4) is 0 Å². The number of methoxy groups -OCH3 is 2. The van der Waals surface area contributed by atoms with Crippen molar-refractivity contribution in [2.24, 2.45) is 5.92 Å². The first-order valence-electron chi connectivity index (χ1n) is 6.94. The molecule has 0 radical (unpaired) electrons. The number of carbonyl (C=O) groups excluding carboxylic acids is 1. The fourth-order valence-corrected chi connectivity index (χ4v) is 2.68. The van der Waals surface area contributed by atoms with Gasteiger partial charge in [-0.25, -0.2) is 0 Å². The molecule has 0 aromatic heterocycles. The molecule has 1 atom stereocenters. The molecule has 0 bridgehead atoms. The van der Waals surface area contributed by atoms with Crippen LogP contribution in [0, 0.1) is 19.8 Å². The van der Waals surface area contributed by atoms with Crippen LogP contribution in [0.25, 0.3) is 0 Å². The maximum atomic E-state index is 12.5. The van der Waals surface area contributed by atoms with E-state index in [0.29, 0.717) is 5.92 Å². The molecule has 4 nitrogen and oxygen atoms in total. The lowest BCUT2D eigenvalue weighted by atomic mass is 9.98. The van der Waals surface area contributed by atoms with Crippen LogP contribution in [-0.4, -0.2) is 25.7 Å². The van der Waals surface area contributed by atoms with E-state index in [1.807, 2.05) is 32.9 Å². The number of rotatable bonds is 5. The number of hydrogen-bond acceptors (Lipinski definition) is 3. The van der Waals surface area contributed by atoms with Gasteiger partial charge in [0, 0.05) is 12.8 Å². The van der Waals surface area contributed by atoms with E-state index in [1.54, 1.807) is 14.2 Å². The van der Waals surface area contributed by atoms with Gasteiger partial charge in [0.25, 0.3) is 5.91 Å². The molecule has 0 aliphatic heterocycles. The molecule has 1 aliphatic rings. The van der Waals surface area contributed by atoms with E-state index in [0.717, 1.165) is 35.4 Å². The Labute approximate surface area is 120 Å². The zero-order valence-electron chi connectivity index (χ0n) is 12.9. The lowest BCUT2D eigenvalue weighted by Crippen LogP contribution is -2.44. The minimum absolute atomic E-state index is 0.0773. The van der Waals surface area contributed by atoms with Crippen LogP contribution in [0.4, 0.5) is 5.69 Å². The Morgan fingerprint density at radius 3 is 2.20 bits per heavy atom. The predicted molar refractivity (Wildman–Crippen MR) is 79.2 cm³/mol. The molecule has 1 aliphatic carbocycles. The molecule has 0 saturated heterocycles. The van der Waals surface area contributed by atoms with Crippen LogP contribution in [0.2, 0.25) is 0 Å². The fraction of sp³-hybridized carbons (Fsp3) is 0.562. The molecule has 20 heavy (non-hydrogen) atoms. The normalized spacial score (nSPS) is 17.4. The standard InChI is InChI=1S/C16H23NO3/c1-10-8-13(9-11(2)14(10)19-4)17-15(18)16(3,20-5)12-6-7-12/h8-9,12H,6-7H2,1-5H3,(H,17,18)/t16-/m1/s1. The Balaban J connectivity index is 2.19. The van der Waals surface area contributed by atoms with Gasteiger partial charge in [0.2, 0.25) is 0 Å². The van der Waals surface area contributed by atoms with Crippen LogP contribution in [-0.2, 0) is 9.53 Å². The van der Waals surface area contributed by atoms with E-state index in [1.165, 1.54) is 0 Å². The molecule has 0 spiro atoms. The SMILES string of the molecule is COc1c(C)cc(NC(=O)[C@](C)(OC)C2CC2)cc1C. The average molecular weight is 277 g/mol. The van der Waals surface area contributed by atoms with Crippen molar-refractivity contribution in [2.75, 3.05) is 19.5 Å². The van der Waals surface area contributed by atoms with Gasteiger partial charge in [0.1, 0.15) is 11.4 Å². The number of hydrogen-bond donors (Lipinski definition) is 1. The van der Waals surface area contributed by atoms with Gasteiger partial charge in [-0.3, -0.25) is 4.79 Å². The molecule has 1 fully saturated rings. The highest BCUT2D eigenvalue weighted by molar-refractivity contribution is 5.97. The average Bonchev–Trinajstić information content (AvgIpc) is 3.22. The molecule has 1 saturated carbocycles. The summed E-state index contributed by atoms with van der Waals surface area (Å²) < 4.78 is 10.8. The first-order chi connectivity index (χ1) is 9.42. The third-order valence-electron chi connectivity index (χ3n) is 4.15. The van der Waals surface area contributed by atoms with Gasteiger partial charge in [-0.2, -0.15) is 0 Å². The minimum atomic E-state index is -0.734. The number of aryl methyl sites for hydroxylation is 2. The van der Waals surface area contributed by atoms with E-state index in [2.05, 4.69) is 5.32 Å². The van der Waals surface area contributed by atoms with Gasteiger partial charge < -0.3 is 14.8 Å². The maximum Gasteiger partial charge on any atom is 0.256 e. The van der Waals surface area contributed by atoms with Crippen molar-refractivity contribution in [1.29, 1.82) is 0 Å².